The monoisotopic (exact) mass is 1030 g/mol. The van der Waals surface area contributed by atoms with Crippen molar-refractivity contribution < 1.29 is 61.6 Å². The van der Waals surface area contributed by atoms with Gasteiger partial charge in [0, 0.05) is 34.5 Å². The van der Waals surface area contributed by atoms with E-state index in [1.165, 1.54) is 12.1 Å². The van der Waals surface area contributed by atoms with Crippen LogP contribution in [0.4, 0.5) is 41.9 Å². The molecule has 0 heterocycles. The first-order valence-electron chi connectivity index (χ1n) is 21.4. The summed E-state index contributed by atoms with van der Waals surface area (Å²) in [5.74, 6) is -0.971. The summed E-state index contributed by atoms with van der Waals surface area (Å²) < 4.78 is 49.8. The molecule has 0 aliphatic rings. The van der Waals surface area contributed by atoms with Gasteiger partial charge < -0.3 is 54.1 Å². The number of rotatable bonds is 13. The van der Waals surface area contributed by atoms with Crippen molar-refractivity contribution in [3.63, 3.8) is 0 Å². The minimum absolute atomic E-state index is 0.0931. The molecule has 73 heavy (non-hydrogen) atoms. The Kier molecular flexibility index (Phi) is 21.6. The number of nitrogens with zero attached hydrogens (tertiary/aromatic N) is 2. The van der Waals surface area contributed by atoms with E-state index in [2.05, 4.69) is 60.8 Å². The number of aliphatic imine (C=N–C) groups is 2. The molecule has 6 amide bonds. The van der Waals surface area contributed by atoms with Crippen LogP contribution in [0.5, 0.6) is 5.75 Å². The van der Waals surface area contributed by atoms with E-state index in [1.807, 2.05) is 48.5 Å². The number of hydrogen-bond donors (Lipinski definition) is 6. The standard InChI is InChI=1S/C25H24N4O7S.C25H24N4O6S/c1-34-24(31)28-23(29-25(32)35-2)27-20-14-13-19(37(33)18-11-7-4-8-12-18)15-21(20)26-22(30)16-36-17-9-5-3-6-10-17;1-34-24(31)28-23(29-25(32)35-2)27-20-14-13-19(36(33)18-11-7-4-8-12-18)16-21(20)26-22(30)15-17-9-5-3-6-10-17/h3-15H,16H2,1-2H3,(H,26,30)(H2,27,28,29,31,32);3-14,16H,15H2,1-2H3,(H,26,30)(H2,27,28,29,31,32). The zero-order valence-corrected chi connectivity index (χ0v) is 41.1. The molecule has 0 aliphatic heterocycles. The molecule has 6 rings (SSSR count). The van der Waals surface area contributed by atoms with Crippen molar-refractivity contribution in [2.45, 2.75) is 26.0 Å². The molecule has 0 saturated carbocycles. The number of carbonyl (C=O) groups excluding carboxylic acids is 6. The highest BCUT2D eigenvalue weighted by Gasteiger charge is 2.22. The van der Waals surface area contributed by atoms with E-state index < -0.39 is 52.6 Å². The van der Waals surface area contributed by atoms with Gasteiger partial charge in [0.25, 0.3) is 5.91 Å². The summed E-state index contributed by atoms with van der Waals surface area (Å²) in [5, 5.41) is 15.5. The van der Waals surface area contributed by atoms with E-state index in [1.54, 1.807) is 97.1 Å². The van der Waals surface area contributed by atoms with Crippen LogP contribution in [0.3, 0.4) is 0 Å². The zero-order chi connectivity index (χ0) is 52.5. The summed E-state index contributed by atoms with van der Waals surface area (Å²) in [5.41, 5.74) is 1.73. The topological polar surface area (TPSA) is 292 Å². The second kappa shape index (κ2) is 28.7. The van der Waals surface area contributed by atoms with Crippen LogP contribution in [0.1, 0.15) is 5.56 Å². The molecule has 23 heteroatoms. The normalized spacial score (nSPS) is 11.6. The predicted molar refractivity (Wildman–Crippen MR) is 272 cm³/mol. The fourth-order valence-electron chi connectivity index (χ4n) is 5.89. The number of nitrogens with one attached hydrogen (secondary N) is 6. The van der Waals surface area contributed by atoms with Gasteiger partial charge in [-0.05, 0) is 66.2 Å². The van der Waals surface area contributed by atoms with Gasteiger partial charge in [0.1, 0.15) is 5.75 Å². The Morgan fingerprint density at radius 3 is 1.26 bits per heavy atom. The van der Waals surface area contributed by atoms with Crippen LogP contribution in [0.2, 0.25) is 0 Å². The minimum Gasteiger partial charge on any atom is -0.606 e. The van der Waals surface area contributed by atoms with Crippen molar-refractivity contribution in [3.8, 4) is 5.75 Å². The van der Waals surface area contributed by atoms with E-state index in [4.69, 9.17) is 4.74 Å². The van der Waals surface area contributed by atoms with E-state index in [0.29, 0.717) is 25.3 Å². The van der Waals surface area contributed by atoms with Crippen molar-refractivity contribution in [2.24, 2.45) is 9.98 Å². The van der Waals surface area contributed by atoms with Gasteiger partial charge in [0.2, 0.25) is 17.8 Å². The fourth-order valence-corrected chi connectivity index (χ4v) is 8.07. The van der Waals surface area contributed by atoms with Gasteiger partial charge in [0.15, 0.2) is 26.2 Å². The number of ether oxygens (including phenoxy) is 5. The molecule has 6 N–H and O–H groups in total. The first-order chi connectivity index (χ1) is 35.3. The Bertz CT molecular complexity index is 2890. The Balaban J connectivity index is 0.000000271. The Labute approximate surface area is 425 Å². The Morgan fingerprint density at radius 1 is 0.452 bits per heavy atom. The van der Waals surface area contributed by atoms with E-state index in [9.17, 15) is 37.9 Å². The highest BCUT2D eigenvalue weighted by atomic mass is 32.2. The smallest absolute Gasteiger partial charge is 0.436 e. The average molecular weight is 1030 g/mol. The Hall–Kier alpha value is -8.90. The lowest BCUT2D eigenvalue weighted by molar-refractivity contribution is -0.118. The van der Waals surface area contributed by atoms with E-state index >= 15 is 0 Å². The van der Waals surface area contributed by atoms with Crippen LogP contribution in [0.25, 0.3) is 0 Å². The molecule has 2 atom stereocenters. The van der Waals surface area contributed by atoms with E-state index in [0.717, 1.165) is 34.0 Å². The third-order valence-electron chi connectivity index (χ3n) is 9.27. The molecule has 378 valence electrons. The van der Waals surface area contributed by atoms with Crippen molar-refractivity contribution in [2.75, 3.05) is 56.3 Å². The number of methoxy groups -OCH3 is 4. The molecule has 6 aromatic rings. The first kappa shape index (κ1) is 55.0. The van der Waals surface area contributed by atoms with Gasteiger partial charge in [0.05, 0.1) is 57.6 Å². The fraction of sp³-hybridized carbons (Fsp3) is 0.120. The maximum atomic E-state index is 13.1. The molecule has 0 bridgehead atoms. The van der Waals surface area contributed by atoms with Gasteiger partial charge in [-0.2, -0.15) is 0 Å². The molecule has 0 aromatic heterocycles. The number of hydrogen-bond acceptors (Lipinski definition) is 13. The minimum atomic E-state index is -1.55. The zero-order valence-electron chi connectivity index (χ0n) is 39.4. The lowest BCUT2D eigenvalue weighted by atomic mass is 10.1. The number of alkyl carbamates (subject to hydrolysis) is 2. The second-order valence-electron chi connectivity index (χ2n) is 14.3. The molecule has 0 fully saturated rings. The molecule has 0 aliphatic carbocycles. The molecule has 6 aromatic carbocycles. The van der Waals surface area contributed by atoms with Gasteiger partial charge in [-0.3, -0.25) is 20.2 Å². The molecule has 0 saturated heterocycles. The Morgan fingerprint density at radius 2 is 0.849 bits per heavy atom. The SMILES string of the molecule is COC(=O)/N=C(/NC(=O)OC)Nc1ccc([S+]([O-])c2ccccc2)cc1NC(=O)COc1ccccc1.COC(=O)/N=C(/NC(=O)OC)Nc1ccc([S+]([O-])c2ccccc2)cc1NC(=O)Cc1ccccc1. The number of anilines is 4. The number of para-hydroxylation sites is 1. The summed E-state index contributed by atoms with van der Waals surface area (Å²) in [6.45, 7) is -0.307. The van der Waals surface area contributed by atoms with Crippen LogP contribution < -0.4 is 36.6 Å². The third-order valence-corrected chi connectivity index (χ3v) is 12.0. The van der Waals surface area contributed by atoms with Gasteiger partial charge in [-0.1, -0.05) is 84.9 Å². The van der Waals surface area contributed by atoms with Crippen molar-refractivity contribution >= 4 is 93.2 Å². The van der Waals surface area contributed by atoms with Crippen LogP contribution in [0.15, 0.2) is 187 Å². The van der Waals surface area contributed by atoms with Crippen LogP contribution in [-0.4, -0.2) is 92.3 Å². The lowest BCUT2D eigenvalue weighted by Gasteiger charge is -2.17. The summed E-state index contributed by atoms with van der Waals surface area (Å²) in [6, 6.07) is 44.8. The summed E-state index contributed by atoms with van der Waals surface area (Å²) in [4.78, 5) is 81.6. The van der Waals surface area contributed by atoms with Crippen LogP contribution in [0, 0.1) is 0 Å². The number of amides is 6. The van der Waals surface area contributed by atoms with Crippen LogP contribution >= 0.6 is 0 Å². The van der Waals surface area contributed by atoms with Gasteiger partial charge in [-0.25, -0.2) is 19.2 Å². The second-order valence-corrected chi connectivity index (χ2v) is 17.2. The molecular weight excluding hydrogens is 985 g/mol. The van der Waals surface area contributed by atoms with Crippen molar-refractivity contribution in [1.29, 1.82) is 0 Å². The van der Waals surface area contributed by atoms with E-state index in [-0.39, 0.29) is 53.6 Å². The number of carbonyl (C=O) groups is 6. The summed E-state index contributed by atoms with van der Waals surface area (Å²) >= 11 is -3.08. The van der Waals surface area contributed by atoms with Crippen LogP contribution in [-0.2, 0) is 57.3 Å². The molecule has 21 nitrogen and oxygen atoms in total. The highest BCUT2D eigenvalue weighted by molar-refractivity contribution is 7.91. The molecular formula is C50H48N8O13S2. The predicted octanol–water partition coefficient (Wildman–Crippen LogP) is 7.69. The summed E-state index contributed by atoms with van der Waals surface area (Å²) in [7, 11) is 4.53. The van der Waals surface area contributed by atoms with Crippen molar-refractivity contribution in [1.82, 2.24) is 10.6 Å². The maximum absolute atomic E-state index is 13.1. The number of benzene rings is 6. The molecule has 0 radical (unpaired) electrons. The molecule has 2 unspecified atom stereocenters. The largest absolute Gasteiger partial charge is 0.606 e. The quantitative estimate of drug-likeness (QED) is 0.0280. The maximum Gasteiger partial charge on any atom is 0.436 e. The molecule has 0 spiro atoms. The highest BCUT2D eigenvalue weighted by Crippen LogP contribution is 2.31. The van der Waals surface area contributed by atoms with Gasteiger partial charge in [-0.15, -0.1) is 9.98 Å². The number of guanidine groups is 2. The van der Waals surface area contributed by atoms with Gasteiger partial charge >= 0.3 is 24.4 Å². The third kappa shape index (κ3) is 18.1. The average Bonchev–Trinajstić information content (AvgIpc) is 3.41. The van der Waals surface area contributed by atoms with Crippen molar-refractivity contribution in [3.05, 3.63) is 163 Å². The lowest BCUT2D eigenvalue weighted by Crippen LogP contribution is -2.37. The first-order valence-corrected chi connectivity index (χ1v) is 23.7. The summed E-state index contributed by atoms with van der Waals surface area (Å²) in [6.07, 6.45) is -3.68.